The Hall–Kier alpha value is -1.36. The first kappa shape index (κ1) is 21.4. The van der Waals surface area contributed by atoms with Gasteiger partial charge >= 0.3 is 0 Å². The molecule has 0 unspecified atom stereocenters. The Bertz CT molecular complexity index is 735. The van der Waals surface area contributed by atoms with Crippen molar-refractivity contribution in [2.24, 2.45) is 0 Å². The van der Waals surface area contributed by atoms with Crippen molar-refractivity contribution in [1.82, 2.24) is 9.80 Å². The van der Waals surface area contributed by atoms with Crippen LogP contribution in [0.25, 0.3) is 0 Å². The van der Waals surface area contributed by atoms with E-state index in [1.807, 2.05) is 0 Å². The molecular formula is C24H32N2S2. The third-order valence-corrected chi connectivity index (χ3v) is 7.34. The van der Waals surface area contributed by atoms with Crippen LogP contribution in [0.5, 0.6) is 0 Å². The fourth-order valence-electron chi connectivity index (χ4n) is 4.03. The van der Waals surface area contributed by atoms with E-state index in [9.17, 15) is 0 Å². The summed E-state index contributed by atoms with van der Waals surface area (Å²) in [5.74, 6) is 1.65. The summed E-state index contributed by atoms with van der Waals surface area (Å²) >= 11 is 7.50. The molecule has 0 atom stereocenters. The number of nitrogens with zero attached hydrogens (tertiary/aromatic N) is 2. The molecule has 0 heterocycles. The quantitative estimate of drug-likeness (QED) is 0.543. The average molecular weight is 413 g/mol. The molecule has 0 N–H and O–H groups in total. The summed E-state index contributed by atoms with van der Waals surface area (Å²) in [6, 6.07) is 20.4. The summed E-state index contributed by atoms with van der Waals surface area (Å²) in [6.07, 6.45) is 4.97. The first-order valence-electron chi connectivity index (χ1n) is 10.2. The van der Waals surface area contributed by atoms with Crippen LogP contribution in [-0.2, 0) is 12.3 Å². The molecule has 0 saturated heterocycles. The van der Waals surface area contributed by atoms with Crippen LogP contribution in [0.15, 0.2) is 54.6 Å². The van der Waals surface area contributed by atoms with Gasteiger partial charge in [-0.25, -0.2) is 0 Å². The Labute approximate surface area is 180 Å². The maximum atomic E-state index is 5.71. The van der Waals surface area contributed by atoms with Crippen LogP contribution in [-0.4, -0.2) is 41.3 Å². The number of thioether (sulfide) groups is 1. The molecule has 0 bridgehead atoms. The highest BCUT2D eigenvalue weighted by Crippen LogP contribution is 2.35. The number of thiocarbonyl (C=S) groups is 1. The number of rotatable bonds is 6. The first-order valence-corrected chi connectivity index (χ1v) is 11.6. The minimum absolute atomic E-state index is 0.583. The lowest BCUT2D eigenvalue weighted by Gasteiger charge is -2.36. The monoisotopic (exact) mass is 412 g/mol. The Kier molecular flexibility index (Phi) is 7.95. The van der Waals surface area contributed by atoms with Crippen molar-refractivity contribution in [2.45, 2.75) is 49.9 Å². The normalized spacial score (nSPS) is 19.6. The van der Waals surface area contributed by atoms with E-state index in [4.69, 9.17) is 12.2 Å². The van der Waals surface area contributed by atoms with Crippen molar-refractivity contribution in [1.29, 1.82) is 0 Å². The van der Waals surface area contributed by atoms with Crippen molar-refractivity contribution < 1.29 is 0 Å². The predicted molar refractivity (Wildman–Crippen MR) is 127 cm³/mol. The van der Waals surface area contributed by atoms with Crippen LogP contribution >= 0.6 is 24.0 Å². The van der Waals surface area contributed by atoms with Gasteiger partial charge in [-0.3, -0.25) is 0 Å². The van der Waals surface area contributed by atoms with Crippen molar-refractivity contribution >= 4 is 28.3 Å². The van der Waals surface area contributed by atoms with Gasteiger partial charge < -0.3 is 9.80 Å². The van der Waals surface area contributed by atoms with Crippen molar-refractivity contribution in [3.8, 4) is 0 Å². The standard InChI is InChI=1S/C24H32N2S2/c1-25(2)17-19-9-11-21(12-10-19)22-13-15-23(16-14-22)26(3)24(27)28-18-20-7-5-4-6-8-20/h4-12,22-23H,13-18H2,1-3H3. The van der Waals surface area contributed by atoms with Crippen molar-refractivity contribution in [3.05, 3.63) is 71.3 Å². The molecule has 0 radical (unpaired) electrons. The molecule has 1 aliphatic rings. The Morgan fingerprint density at radius 1 is 0.893 bits per heavy atom. The van der Waals surface area contributed by atoms with Crippen molar-refractivity contribution in [3.63, 3.8) is 0 Å². The van der Waals surface area contributed by atoms with Gasteiger partial charge in [-0.15, -0.1) is 0 Å². The van der Waals surface area contributed by atoms with Crippen LogP contribution in [0, 0.1) is 0 Å². The molecule has 2 nitrogen and oxygen atoms in total. The molecule has 0 spiro atoms. The molecule has 0 aliphatic heterocycles. The lowest BCUT2D eigenvalue weighted by molar-refractivity contribution is 0.267. The summed E-state index contributed by atoms with van der Waals surface area (Å²) < 4.78 is 1.03. The van der Waals surface area contributed by atoms with Gasteiger partial charge in [0.15, 0.2) is 0 Å². The van der Waals surface area contributed by atoms with Gasteiger partial charge in [0.1, 0.15) is 4.32 Å². The average Bonchev–Trinajstić information content (AvgIpc) is 2.72. The van der Waals surface area contributed by atoms with Gasteiger partial charge in [-0.05, 0) is 62.4 Å². The second-order valence-electron chi connectivity index (χ2n) is 8.14. The summed E-state index contributed by atoms with van der Waals surface area (Å²) in [4.78, 5) is 4.56. The lowest BCUT2D eigenvalue weighted by atomic mass is 9.81. The fourth-order valence-corrected chi connectivity index (χ4v) is 5.19. The third kappa shape index (κ3) is 6.07. The molecule has 1 saturated carbocycles. The largest absolute Gasteiger partial charge is 0.358 e. The topological polar surface area (TPSA) is 6.48 Å². The second kappa shape index (κ2) is 10.4. The van der Waals surface area contributed by atoms with E-state index in [0.717, 1.165) is 16.6 Å². The van der Waals surface area contributed by atoms with Gasteiger partial charge in [0, 0.05) is 25.4 Å². The Balaban J connectivity index is 1.46. The smallest absolute Gasteiger partial charge is 0.136 e. The maximum absolute atomic E-state index is 5.71. The second-order valence-corrected chi connectivity index (χ2v) is 9.75. The van der Waals surface area contributed by atoms with E-state index in [1.54, 1.807) is 11.8 Å². The highest BCUT2D eigenvalue weighted by molar-refractivity contribution is 8.22. The van der Waals surface area contributed by atoms with E-state index in [0.29, 0.717) is 12.0 Å². The number of hydrogen-bond acceptors (Lipinski definition) is 3. The molecule has 0 aromatic heterocycles. The van der Waals surface area contributed by atoms with E-state index in [1.165, 1.54) is 42.4 Å². The number of benzene rings is 2. The number of hydrogen-bond donors (Lipinski definition) is 0. The lowest BCUT2D eigenvalue weighted by Crippen LogP contribution is -2.37. The molecule has 28 heavy (non-hydrogen) atoms. The van der Waals surface area contributed by atoms with Gasteiger partial charge in [-0.2, -0.15) is 0 Å². The molecule has 2 aromatic carbocycles. The Morgan fingerprint density at radius 3 is 2.14 bits per heavy atom. The summed E-state index contributed by atoms with van der Waals surface area (Å²) in [7, 11) is 6.42. The minimum Gasteiger partial charge on any atom is -0.358 e. The van der Waals surface area contributed by atoms with Crippen molar-refractivity contribution in [2.75, 3.05) is 21.1 Å². The summed E-state index contributed by atoms with van der Waals surface area (Å²) in [5, 5.41) is 0. The van der Waals surface area contributed by atoms with Gasteiger partial charge in [0.25, 0.3) is 0 Å². The SMILES string of the molecule is CN(C)Cc1ccc(C2CCC(N(C)C(=S)SCc3ccccc3)CC2)cc1. The molecule has 2 aromatic rings. The van der Waals surface area contributed by atoms with Gasteiger partial charge in [-0.1, -0.05) is 78.6 Å². The molecule has 0 amide bonds. The summed E-state index contributed by atoms with van der Waals surface area (Å²) in [6.45, 7) is 1.01. The van der Waals surface area contributed by atoms with E-state index in [2.05, 4.69) is 85.5 Å². The first-order chi connectivity index (χ1) is 13.5. The molecule has 4 heteroatoms. The zero-order chi connectivity index (χ0) is 19.9. The van der Waals surface area contributed by atoms with Gasteiger partial charge in [0.2, 0.25) is 0 Å². The highest BCUT2D eigenvalue weighted by Gasteiger charge is 2.26. The molecule has 3 rings (SSSR count). The molecule has 1 fully saturated rings. The Morgan fingerprint density at radius 2 is 1.54 bits per heavy atom. The van der Waals surface area contributed by atoms with Gasteiger partial charge in [0.05, 0.1) is 0 Å². The van der Waals surface area contributed by atoms with Crippen LogP contribution in [0.1, 0.15) is 48.3 Å². The zero-order valence-electron chi connectivity index (χ0n) is 17.3. The van der Waals surface area contributed by atoms with Crippen LogP contribution in [0.3, 0.4) is 0 Å². The van der Waals surface area contributed by atoms with E-state index in [-0.39, 0.29) is 0 Å². The molecule has 150 valence electrons. The predicted octanol–water partition coefficient (Wildman–Crippen LogP) is 5.92. The maximum Gasteiger partial charge on any atom is 0.136 e. The highest BCUT2D eigenvalue weighted by atomic mass is 32.2. The minimum atomic E-state index is 0.583. The summed E-state index contributed by atoms with van der Waals surface area (Å²) in [5.41, 5.74) is 4.23. The van der Waals surface area contributed by atoms with Crippen LogP contribution in [0.4, 0.5) is 0 Å². The van der Waals surface area contributed by atoms with E-state index >= 15 is 0 Å². The van der Waals surface area contributed by atoms with E-state index < -0.39 is 0 Å². The fraction of sp³-hybridized carbons (Fsp3) is 0.458. The zero-order valence-corrected chi connectivity index (χ0v) is 18.9. The van der Waals surface area contributed by atoms with Crippen LogP contribution in [0.2, 0.25) is 0 Å². The molecular weight excluding hydrogens is 380 g/mol. The van der Waals surface area contributed by atoms with Crippen LogP contribution < -0.4 is 0 Å². The third-order valence-electron chi connectivity index (χ3n) is 5.69. The molecule has 1 aliphatic carbocycles.